The molecule has 2 aliphatic rings. The number of aliphatic hydroxyl groups excluding tert-OH is 1. The van der Waals surface area contributed by atoms with Gasteiger partial charge in [-0.2, -0.15) is 10.5 Å². The minimum absolute atomic E-state index is 0.0255. The van der Waals surface area contributed by atoms with E-state index in [0.29, 0.717) is 35.2 Å². The first-order valence-electron chi connectivity index (χ1n) is 12.1. The van der Waals surface area contributed by atoms with Crippen LogP contribution in [0.15, 0.2) is 36.5 Å². The van der Waals surface area contributed by atoms with Gasteiger partial charge >= 0.3 is 0 Å². The molecule has 1 unspecified atom stereocenters. The summed E-state index contributed by atoms with van der Waals surface area (Å²) in [6.07, 6.45) is 3.51. The van der Waals surface area contributed by atoms with Gasteiger partial charge in [0.25, 0.3) is 0 Å². The third-order valence-corrected chi connectivity index (χ3v) is 7.29. The highest BCUT2D eigenvalue weighted by Gasteiger charge is 2.36. The summed E-state index contributed by atoms with van der Waals surface area (Å²) in [7, 11) is 0. The predicted octanol–water partition coefficient (Wildman–Crippen LogP) is 4.51. The molecule has 5 rings (SSSR count). The zero-order valence-electron chi connectivity index (χ0n) is 20.4. The summed E-state index contributed by atoms with van der Waals surface area (Å²) in [6, 6.07) is 14.2. The standard InChI is InChI=1S/C28H28N6O2/c1-17-9-22(18-4-7-36-8-5-18)20(13-29)12-25(17)34-27-31-6-3-24(33-27)19-10-21(14-30)26-23(11-19)28(2,16-35)15-32-26/h3,6,9-12,18,32,35H,4-5,7-8,15-16H2,1-2H3,(H,31,33,34). The van der Waals surface area contributed by atoms with E-state index < -0.39 is 5.41 Å². The summed E-state index contributed by atoms with van der Waals surface area (Å²) in [6.45, 7) is 5.97. The zero-order valence-corrected chi connectivity index (χ0v) is 20.4. The number of anilines is 3. The highest BCUT2D eigenvalue weighted by molar-refractivity contribution is 5.76. The smallest absolute Gasteiger partial charge is 0.227 e. The van der Waals surface area contributed by atoms with Crippen molar-refractivity contribution >= 4 is 17.3 Å². The van der Waals surface area contributed by atoms with Gasteiger partial charge in [0.15, 0.2) is 0 Å². The summed E-state index contributed by atoms with van der Waals surface area (Å²) < 4.78 is 5.49. The third-order valence-electron chi connectivity index (χ3n) is 7.29. The van der Waals surface area contributed by atoms with Gasteiger partial charge < -0.3 is 20.5 Å². The molecule has 182 valence electrons. The topological polar surface area (TPSA) is 127 Å². The lowest BCUT2D eigenvalue weighted by Gasteiger charge is -2.24. The molecule has 0 saturated carbocycles. The number of hydrogen-bond acceptors (Lipinski definition) is 8. The van der Waals surface area contributed by atoms with Crippen molar-refractivity contribution in [3.05, 3.63) is 64.3 Å². The van der Waals surface area contributed by atoms with Crippen LogP contribution in [0.2, 0.25) is 0 Å². The Morgan fingerprint density at radius 2 is 1.94 bits per heavy atom. The van der Waals surface area contributed by atoms with E-state index in [2.05, 4.69) is 33.8 Å². The number of aliphatic hydroxyl groups is 1. The number of nitrogens with zero attached hydrogens (tertiary/aromatic N) is 4. The number of aromatic nitrogens is 2. The summed E-state index contributed by atoms with van der Waals surface area (Å²) in [5, 5.41) is 36.1. The van der Waals surface area contributed by atoms with E-state index in [4.69, 9.17) is 9.72 Å². The van der Waals surface area contributed by atoms with Crippen molar-refractivity contribution < 1.29 is 9.84 Å². The molecule has 0 bridgehead atoms. The van der Waals surface area contributed by atoms with Crippen LogP contribution in [0.4, 0.5) is 17.3 Å². The number of benzene rings is 2. The van der Waals surface area contributed by atoms with Crippen LogP contribution in [0.1, 0.15) is 53.5 Å². The van der Waals surface area contributed by atoms with Crippen LogP contribution in [0, 0.1) is 29.6 Å². The van der Waals surface area contributed by atoms with Gasteiger partial charge in [-0.1, -0.05) is 13.0 Å². The molecular formula is C28H28N6O2. The van der Waals surface area contributed by atoms with Crippen LogP contribution in [0.3, 0.4) is 0 Å². The van der Waals surface area contributed by atoms with E-state index in [9.17, 15) is 15.6 Å². The maximum atomic E-state index is 9.99. The Balaban J connectivity index is 1.48. The lowest BCUT2D eigenvalue weighted by atomic mass is 9.83. The molecule has 0 spiro atoms. The van der Waals surface area contributed by atoms with Crippen molar-refractivity contribution in [2.45, 2.75) is 38.0 Å². The summed E-state index contributed by atoms with van der Waals surface area (Å²) in [5.74, 6) is 0.731. The second-order valence-electron chi connectivity index (χ2n) is 9.77. The van der Waals surface area contributed by atoms with Crippen molar-refractivity contribution in [1.82, 2.24) is 9.97 Å². The van der Waals surface area contributed by atoms with Gasteiger partial charge in [0.05, 0.1) is 35.2 Å². The summed E-state index contributed by atoms with van der Waals surface area (Å²) in [4.78, 5) is 9.10. The first kappa shape index (κ1) is 23.7. The van der Waals surface area contributed by atoms with Gasteiger partial charge in [0.2, 0.25) is 5.95 Å². The second kappa shape index (κ2) is 9.58. The van der Waals surface area contributed by atoms with Gasteiger partial charge in [-0.15, -0.1) is 0 Å². The Morgan fingerprint density at radius 3 is 2.67 bits per heavy atom. The fourth-order valence-corrected chi connectivity index (χ4v) is 5.07. The van der Waals surface area contributed by atoms with Gasteiger partial charge in [-0.05, 0) is 66.6 Å². The first-order valence-corrected chi connectivity index (χ1v) is 12.1. The van der Waals surface area contributed by atoms with Crippen molar-refractivity contribution in [1.29, 1.82) is 10.5 Å². The zero-order chi connectivity index (χ0) is 25.3. The third kappa shape index (κ3) is 4.26. The van der Waals surface area contributed by atoms with Crippen LogP contribution in [-0.2, 0) is 10.2 Å². The lowest BCUT2D eigenvalue weighted by molar-refractivity contribution is 0.0853. The monoisotopic (exact) mass is 480 g/mol. The molecule has 36 heavy (non-hydrogen) atoms. The molecule has 1 saturated heterocycles. The number of hydrogen-bond donors (Lipinski definition) is 3. The Hall–Kier alpha value is -3.98. The molecule has 0 aliphatic carbocycles. The number of nitriles is 2. The number of ether oxygens (including phenoxy) is 1. The van der Waals surface area contributed by atoms with Crippen LogP contribution in [0.5, 0.6) is 0 Å². The van der Waals surface area contributed by atoms with Gasteiger partial charge in [0, 0.05) is 42.6 Å². The molecule has 2 aromatic carbocycles. The van der Waals surface area contributed by atoms with Crippen LogP contribution in [-0.4, -0.2) is 41.4 Å². The molecule has 8 nitrogen and oxygen atoms in total. The van der Waals surface area contributed by atoms with E-state index in [1.165, 1.54) is 0 Å². The molecule has 0 amide bonds. The van der Waals surface area contributed by atoms with E-state index in [0.717, 1.165) is 59.7 Å². The van der Waals surface area contributed by atoms with E-state index >= 15 is 0 Å². The lowest BCUT2D eigenvalue weighted by Crippen LogP contribution is -2.28. The maximum Gasteiger partial charge on any atom is 0.227 e. The van der Waals surface area contributed by atoms with Crippen LogP contribution in [0.25, 0.3) is 11.3 Å². The van der Waals surface area contributed by atoms with Crippen molar-refractivity contribution in [2.75, 3.05) is 37.0 Å². The highest BCUT2D eigenvalue weighted by atomic mass is 16.5. The fourth-order valence-electron chi connectivity index (χ4n) is 5.07. The molecule has 2 aliphatic heterocycles. The summed E-state index contributed by atoms with van der Waals surface area (Å²) in [5.41, 5.74) is 6.69. The summed E-state index contributed by atoms with van der Waals surface area (Å²) >= 11 is 0. The van der Waals surface area contributed by atoms with E-state index in [1.807, 2.05) is 32.0 Å². The van der Waals surface area contributed by atoms with Gasteiger partial charge in [-0.3, -0.25) is 0 Å². The van der Waals surface area contributed by atoms with Crippen LogP contribution < -0.4 is 10.6 Å². The highest BCUT2D eigenvalue weighted by Crippen LogP contribution is 2.41. The Kier molecular flexibility index (Phi) is 6.32. The quantitative estimate of drug-likeness (QED) is 0.487. The van der Waals surface area contributed by atoms with Gasteiger partial charge in [-0.25, -0.2) is 9.97 Å². The molecule has 3 heterocycles. The number of aryl methyl sites for hydroxylation is 1. The molecule has 0 radical (unpaired) electrons. The Bertz CT molecular complexity index is 1400. The minimum Gasteiger partial charge on any atom is -0.395 e. The van der Waals surface area contributed by atoms with Crippen molar-refractivity contribution in [3.8, 4) is 23.4 Å². The Labute approximate surface area is 210 Å². The fraction of sp³-hybridized carbons (Fsp3) is 0.357. The number of fused-ring (bicyclic) bond motifs is 1. The average Bonchev–Trinajstić information content (AvgIpc) is 3.26. The van der Waals surface area contributed by atoms with Crippen LogP contribution >= 0.6 is 0 Å². The molecular weight excluding hydrogens is 452 g/mol. The molecule has 3 N–H and O–H groups in total. The molecule has 1 fully saturated rings. The molecule has 8 heteroatoms. The van der Waals surface area contributed by atoms with Crippen molar-refractivity contribution in [3.63, 3.8) is 0 Å². The average molecular weight is 481 g/mol. The SMILES string of the molecule is Cc1cc(C2CCOCC2)c(C#N)cc1Nc1nccc(-c2cc(C#N)c3c(c2)C(C)(CO)CN3)n1. The molecule has 1 atom stereocenters. The normalized spacial score (nSPS) is 19.1. The minimum atomic E-state index is -0.470. The number of nitrogens with one attached hydrogen (secondary N) is 2. The first-order chi connectivity index (χ1) is 17.5. The predicted molar refractivity (Wildman–Crippen MR) is 137 cm³/mol. The second-order valence-corrected chi connectivity index (χ2v) is 9.77. The maximum absolute atomic E-state index is 9.99. The van der Waals surface area contributed by atoms with E-state index in [-0.39, 0.29) is 6.61 Å². The van der Waals surface area contributed by atoms with E-state index in [1.54, 1.807) is 12.3 Å². The molecule has 3 aromatic rings. The number of rotatable bonds is 5. The Morgan fingerprint density at radius 1 is 1.17 bits per heavy atom. The van der Waals surface area contributed by atoms with Crippen molar-refractivity contribution in [2.24, 2.45) is 0 Å². The largest absolute Gasteiger partial charge is 0.395 e. The van der Waals surface area contributed by atoms with Gasteiger partial charge in [0.1, 0.15) is 6.07 Å². The molecule has 1 aromatic heterocycles.